The van der Waals surface area contributed by atoms with Gasteiger partial charge in [-0.05, 0) is 43.4 Å². The van der Waals surface area contributed by atoms with Crippen molar-refractivity contribution in [3.05, 3.63) is 29.8 Å². The fourth-order valence-electron chi connectivity index (χ4n) is 1.39. The van der Waals surface area contributed by atoms with Gasteiger partial charge in [-0.25, -0.2) is 0 Å². The van der Waals surface area contributed by atoms with Crippen LogP contribution in [-0.2, 0) is 0 Å². The fraction of sp³-hybridized carbons (Fsp3) is 0.500. The smallest absolute Gasteiger partial charge is 0.0266 e. The van der Waals surface area contributed by atoms with Gasteiger partial charge in [0.1, 0.15) is 0 Å². The first-order valence-corrected chi connectivity index (χ1v) is 6.22. The summed E-state index contributed by atoms with van der Waals surface area (Å²) in [5.41, 5.74) is 7.08. The van der Waals surface area contributed by atoms with Crippen LogP contribution in [-0.4, -0.2) is 5.75 Å². The predicted molar refractivity (Wildman–Crippen MR) is 62.5 cm³/mol. The summed E-state index contributed by atoms with van der Waals surface area (Å²) in [6.07, 6.45) is 2.86. The van der Waals surface area contributed by atoms with E-state index in [1.165, 1.54) is 29.1 Å². The average Bonchev–Trinajstić information content (AvgIpc) is 2.99. The molecular weight excluding hydrogens is 190 g/mol. The number of hydrogen-bond donors (Lipinski definition) is 1. The molecule has 2 heteroatoms. The van der Waals surface area contributed by atoms with Crippen molar-refractivity contribution in [1.82, 2.24) is 0 Å². The van der Waals surface area contributed by atoms with Gasteiger partial charge in [0.25, 0.3) is 0 Å². The molecule has 1 aromatic rings. The molecule has 76 valence electrons. The fourth-order valence-corrected chi connectivity index (χ4v) is 2.54. The zero-order valence-corrected chi connectivity index (χ0v) is 9.39. The first-order valence-electron chi connectivity index (χ1n) is 5.24. The molecule has 1 fully saturated rings. The summed E-state index contributed by atoms with van der Waals surface area (Å²) in [5, 5.41) is 0. The van der Waals surface area contributed by atoms with Gasteiger partial charge in [-0.1, -0.05) is 12.1 Å². The van der Waals surface area contributed by atoms with Crippen molar-refractivity contribution in [3.63, 3.8) is 0 Å². The predicted octanol–water partition coefficient (Wildman–Crippen LogP) is 3.21. The molecule has 2 N–H and O–H groups in total. The zero-order valence-electron chi connectivity index (χ0n) is 8.57. The molecule has 1 saturated carbocycles. The second-order valence-corrected chi connectivity index (χ2v) is 5.21. The minimum atomic E-state index is 0.150. The molecule has 2 rings (SSSR count). The van der Waals surface area contributed by atoms with E-state index < -0.39 is 0 Å². The Balaban J connectivity index is 1.97. The van der Waals surface area contributed by atoms with E-state index in [4.69, 9.17) is 5.73 Å². The summed E-state index contributed by atoms with van der Waals surface area (Å²) >= 11 is 1.97. The standard InChI is InChI=1S/C12H17NS/c1-9(13)11-3-2-4-12(7-11)14-8-10-5-6-10/h2-4,7,9-10H,5-6,8,13H2,1H3. The second kappa shape index (κ2) is 4.37. The van der Waals surface area contributed by atoms with E-state index >= 15 is 0 Å². The Hall–Kier alpha value is -0.470. The van der Waals surface area contributed by atoms with Gasteiger partial charge in [-0.3, -0.25) is 0 Å². The third-order valence-corrected chi connectivity index (χ3v) is 3.79. The summed E-state index contributed by atoms with van der Waals surface area (Å²) in [6, 6.07) is 8.76. The molecule has 14 heavy (non-hydrogen) atoms. The zero-order chi connectivity index (χ0) is 9.97. The van der Waals surface area contributed by atoms with Crippen LogP contribution < -0.4 is 5.73 Å². The first-order chi connectivity index (χ1) is 6.75. The number of nitrogens with two attached hydrogens (primary N) is 1. The Morgan fingerprint density at radius 2 is 2.29 bits per heavy atom. The largest absolute Gasteiger partial charge is 0.324 e. The van der Waals surface area contributed by atoms with Gasteiger partial charge in [-0.15, -0.1) is 11.8 Å². The second-order valence-electron chi connectivity index (χ2n) is 4.12. The summed E-state index contributed by atoms with van der Waals surface area (Å²) < 4.78 is 0. The van der Waals surface area contributed by atoms with Crippen LogP contribution in [0.25, 0.3) is 0 Å². The minimum absolute atomic E-state index is 0.150. The molecule has 0 radical (unpaired) electrons. The molecule has 0 spiro atoms. The van der Waals surface area contributed by atoms with Gasteiger partial charge < -0.3 is 5.73 Å². The molecule has 0 amide bonds. The quantitative estimate of drug-likeness (QED) is 0.767. The van der Waals surface area contributed by atoms with E-state index in [0.717, 1.165) is 5.92 Å². The van der Waals surface area contributed by atoms with E-state index in [9.17, 15) is 0 Å². The van der Waals surface area contributed by atoms with Crippen LogP contribution in [0.5, 0.6) is 0 Å². The van der Waals surface area contributed by atoms with Crippen LogP contribution in [0.4, 0.5) is 0 Å². The van der Waals surface area contributed by atoms with Crippen LogP contribution in [0.15, 0.2) is 29.2 Å². The van der Waals surface area contributed by atoms with Crippen LogP contribution in [0.1, 0.15) is 31.4 Å². The Morgan fingerprint density at radius 3 is 2.93 bits per heavy atom. The van der Waals surface area contributed by atoms with Gasteiger partial charge in [-0.2, -0.15) is 0 Å². The molecule has 0 aromatic heterocycles. The molecule has 1 aromatic carbocycles. The van der Waals surface area contributed by atoms with Gasteiger partial charge in [0.15, 0.2) is 0 Å². The van der Waals surface area contributed by atoms with Crippen molar-refractivity contribution in [1.29, 1.82) is 0 Å². The first kappa shape index (κ1) is 10.1. The maximum atomic E-state index is 5.84. The highest BCUT2D eigenvalue weighted by molar-refractivity contribution is 7.99. The minimum Gasteiger partial charge on any atom is -0.324 e. The lowest BCUT2D eigenvalue weighted by Gasteiger charge is -2.07. The lowest BCUT2D eigenvalue weighted by molar-refractivity contribution is 0.814. The maximum Gasteiger partial charge on any atom is 0.0266 e. The summed E-state index contributed by atoms with van der Waals surface area (Å²) in [7, 11) is 0. The molecule has 0 heterocycles. The lowest BCUT2D eigenvalue weighted by Crippen LogP contribution is -2.04. The monoisotopic (exact) mass is 207 g/mol. The Labute approximate surface area is 90.1 Å². The van der Waals surface area contributed by atoms with Crippen LogP contribution in [0.3, 0.4) is 0 Å². The van der Waals surface area contributed by atoms with Crippen LogP contribution >= 0.6 is 11.8 Å². The molecule has 1 atom stereocenters. The number of rotatable bonds is 4. The van der Waals surface area contributed by atoms with Crippen LogP contribution in [0, 0.1) is 5.92 Å². The Bertz CT molecular complexity index is 305. The van der Waals surface area contributed by atoms with Gasteiger partial charge in [0.05, 0.1) is 0 Å². The molecule has 0 aliphatic heterocycles. The Kier molecular flexibility index (Phi) is 3.14. The van der Waals surface area contributed by atoms with Gasteiger partial charge >= 0.3 is 0 Å². The molecular formula is C12H17NS. The molecule has 1 nitrogen and oxygen atoms in total. The molecule has 0 saturated heterocycles. The van der Waals surface area contributed by atoms with Gasteiger partial charge in [0.2, 0.25) is 0 Å². The van der Waals surface area contributed by atoms with Crippen molar-refractivity contribution >= 4 is 11.8 Å². The summed E-state index contributed by atoms with van der Waals surface area (Å²) in [4.78, 5) is 1.37. The molecule has 0 bridgehead atoms. The molecule has 1 aliphatic carbocycles. The van der Waals surface area contributed by atoms with Crippen molar-refractivity contribution < 1.29 is 0 Å². The number of thioether (sulfide) groups is 1. The van der Waals surface area contributed by atoms with E-state index in [-0.39, 0.29) is 6.04 Å². The molecule has 1 unspecified atom stereocenters. The summed E-state index contributed by atoms with van der Waals surface area (Å²) in [5.74, 6) is 2.27. The third kappa shape index (κ3) is 2.76. The van der Waals surface area contributed by atoms with E-state index in [0.29, 0.717) is 0 Å². The van der Waals surface area contributed by atoms with Gasteiger partial charge in [0, 0.05) is 16.7 Å². The number of hydrogen-bond acceptors (Lipinski definition) is 2. The lowest BCUT2D eigenvalue weighted by atomic mass is 10.1. The van der Waals surface area contributed by atoms with Crippen molar-refractivity contribution in [3.8, 4) is 0 Å². The normalized spacial score (nSPS) is 18.1. The topological polar surface area (TPSA) is 26.0 Å². The Morgan fingerprint density at radius 1 is 1.50 bits per heavy atom. The maximum absolute atomic E-state index is 5.84. The third-order valence-electron chi connectivity index (χ3n) is 2.57. The SMILES string of the molecule is CC(N)c1cccc(SCC2CC2)c1. The van der Waals surface area contributed by atoms with Crippen LogP contribution in [0.2, 0.25) is 0 Å². The highest BCUT2D eigenvalue weighted by atomic mass is 32.2. The summed E-state index contributed by atoms with van der Waals surface area (Å²) in [6.45, 7) is 2.03. The molecule has 1 aliphatic rings. The van der Waals surface area contributed by atoms with E-state index in [1.807, 2.05) is 18.7 Å². The van der Waals surface area contributed by atoms with E-state index in [1.54, 1.807) is 0 Å². The van der Waals surface area contributed by atoms with Crippen molar-refractivity contribution in [2.75, 3.05) is 5.75 Å². The average molecular weight is 207 g/mol. The highest BCUT2D eigenvalue weighted by Crippen LogP contribution is 2.35. The van der Waals surface area contributed by atoms with Crippen molar-refractivity contribution in [2.24, 2.45) is 11.7 Å². The van der Waals surface area contributed by atoms with Crippen molar-refractivity contribution in [2.45, 2.75) is 30.7 Å². The number of benzene rings is 1. The van der Waals surface area contributed by atoms with E-state index in [2.05, 4.69) is 24.3 Å². The highest BCUT2D eigenvalue weighted by Gasteiger charge is 2.20.